The van der Waals surface area contributed by atoms with Crippen LogP contribution in [0.1, 0.15) is 57.1 Å². The van der Waals surface area contributed by atoms with Crippen molar-refractivity contribution in [1.82, 2.24) is 10.2 Å². The zero-order valence-electron chi connectivity index (χ0n) is 18.4. The van der Waals surface area contributed by atoms with Crippen LogP contribution in [0, 0.1) is 0 Å². The van der Waals surface area contributed by atoms with E-state index in [2.05, 4.69) is 80.2 Å². The van der Waals surface area contributed by atoms with E-state index in [-0.39, 0.29) is 0 Å². The number of nitrogens with zero attached hydrogens (tertiary/aromatic N) is 1. The first-order chi connectivity index (χ1) is 14.6. The van der Waals surface area contributed by atoms with Gasteiger partial charge in [0.1, 0.15) is 12.4 Å². The Kier molecular flexibility index (Phi) is 12.7. The SMILES string of the molecule is CCCCN(CCCC)CCCNCc1cc(Br)c(OCc2ccccc2)c(Br)c1. The fraction of sp³-hybridized carbons (Fsp3) is 0.520. The van der Waals surface area contributed by atoms with Crippen LogP contribution in [0.3, 0.4) is 0 Å². The third-order valence-electron chi connectivity index (χ3n) is 5.10. The van der Waals surface area contributed by atoms with E-state index in [4.69, 9.17) is 4.74 Å². The molecule has 1 N–H and O–H groups in total. The lowest BCUT2D eigenvalue weighted by molar-refractivity contribution is 0.261. The fourth-order valence-electron chi connectivity index (χ4n) is 3.34. The molecule has 0 heterocycles. The summed E-state index contributed by atoms with van der Waals surface area (Å²) in [5.41, 5.74) is 2.41. The Bertz CT molecular complexity index is 693. The molecule has 30 heavy (non-hydrogen) atoms. The first kappa shape index (κ1) is 25.4. The van der Waals surface area contributed by atoms with Gasteiger partial charge in [0.15, 0.2) is 0 Å². The van der Waals surface area contributed by atoms with Gasteiger partial charge < -0.3 is 15.0 Å². The Hall–Kier alpha value is -0.880. The summed E-state index contributed by atoms with van der Waals surface area (Å²) in [6, 6.07) is 14.5. The molecule has 3 nitrogen and oxygen atoms in total. The van der Waals surface area contributed by atoms with E-state index < -0.39 is 0 Å². The van der Waals surface area contributed by atoms with Gasteiger partial charge in [-0.05, 0) is 101 Å². The molecule has 0 saturated heterocycles. The van der Waals surface area contributed by atoms with Gasteiger partial charge in [-0.15, -0.1) is 0 Å². The van der Waals surface area contributed by atoms with E-state index in [0.29, 0.717) is 6.61 Å². The summed E-state index contributed by atoms with van der Waals surface area (Å²) in [5, 5.41) is 3.59. The Labute approximate surface area is 199 Å². The van der Waals surface area contributed by atoms with Gasteiger partial charge in [0, 0.05) is 6.54 Å². The maximum Gasteiger partial charge on any atom is 0.148 e. The van der Waals surface area contributed by atoms with Crippen LogP contribution in [0.2, 0.25) is 0 Å². The van der Waals surface area contributed by atoms with Crippen LogP contribution in [0.25, 0.3) is 0 Å². The van der Waals surface area contributed by atoms with Crippen LogP contribution in [-0.4, -0.2) is 31.1 Å². The highest BCUT2D eigenvalue weighted by Crippen LogP contribution is 2.35. The average molecular weight is 540 g/mol. The van der Waals surface area contributed by atoms with Gasteiger partial charge in [-0.25, -0.2) is 0 Å². The second-order valence-corrected chi connectivity index (χ2v) is 9.45. The van der Waals surface area contributed by atoms with Crippen LogP contribution in [0.4, 0.5) is 0 Å². The molecule has 0 aliphatic rings. The molecular formula is C25H36Br2N2O. The molecule has 0 unspecified atom stereocenters. The minimum Gasteiger partial charge on any atom is -0.487 e. The monoisotopic (exact) mass is 538 g/mol. The summed E-state index contributed by atoms with van der Waals surface area (Å²) in [6.07, 6.45) is 6.34. The van der Waals surface area contributed by atoms with E-state index in [1.807, 2.05) is 18.2 Å². The number of ether oxygens (including phenoxy) is 1. The number of unbranched alkanes of at least 4 members (excludes halogenated alkanes) is 2. The molecule has 0 amide bonds. The zero-order valence-corrected chi connectivity index (χ0v) is 21.6. The average Bonchev–Trinajstić information content (AvgIpc) is 2.75. The summed E-state index contributed by atoms with van der Waals surface area (Å²) < 4.78 is 7.99. The molecule has 2 aromatic rings. The molecule has 2 aromatic carbocycles. The van der Waals surface area contributed by atoms with E-state index in [1.54, 1.807) is 0 Å². The normalized spacial score (nSPS) is 11.2. The smallest absolute Gasteiger partial charge is 0.148 e. The molecule has 0 fully saturated rings. The van der Waals surface area contributed by atoms with Crippen molar-refractivity contribution in [3.63, 3.8) is 0 Å². The first-order valence-electron chi connectivity index (χ1n) is 11.2. The molecule has 5 heteroatoms. The molecule has 0 aliphatic heterocycles. The van der Waals surface area contributed by atoms with E-state index in [0.717, 1.165) is 33.3 Å². The highest BCUT2D eigenvalue weighted by Gasteiger charge is 2.10. The van der Waals surface area contributed by atoms with Gasteiger partial charge in [-0.2, -0.15) is 0 Å². The Balaban J connectivity index is 1.76. The highest BCUT2D eigenvalue weighted by atomic mass is 79.9. The second-order valence-electron chi connectivity index (χ2n) is 7.74. The third kappa shape index (κ3) is 9.51. The molecule has 0 aromatic heterocycles. The maximum absolute atomic E-state index is 6.02. The number of halogens is 2. The van der Waals surface area contributed by atoms with Gasteiger partial charge >= 0.3 is 0 Å². The zero-order chi connectivity index (χ0) is 21.6. The number of hydrogen-bond donors (Lipinski definition) is 1. The number of nitrogens with one attached hydrogen (secondary N) is 1. The van der Waals surface area contributed by atoms with Crippen molar-refractivity contribution in [2.24, 2.45) is 0 Å². The molecule has 0 radical (unpaired) electrons. The largest absolute Gasteiger partial charge is 0.487 e. The quantitative estimate of drug-likeness (QED) is 0.243. The molecule has 0 saturated carbocycles. The second kappa shape index (κ2) is 15.0. The van der Waals surface area contributed by atoms with Gasteiger partial charge in [-0.3, -0.25) is 0 Å². The molecule has 0 bridgehead atoms. The lowest BCUT2D eigenvalue weighted by atomic mass is 10.2. The van der Waals surface area contributed by atoms with Crippen molar-refractivity contribution < 1.29 is 4.74 Å². The van der Waals surface area contributed by atoms with E-state index in [1.165, 1.54) is 57.3 Å². The minimum absolute atomic E-state index is 0.558. The summed E-state index contributed by atoms with van der Waals surface area (Å²) in [4.78, 5) is 2.63. The number of hydrogen-bond acceptors (Lipinski definition) is 3. The maximum atomic E-state index is 6.02. The lowest BCUT2D eigenvalue weighted by Gasteiger charge is -2.22. The van der Waals surface area contributed by atoms with Crippen LogP contribution in [-0.2, 0) is 13.2 Å². The van der Waals surface area contributed by atoms with Crippen LogP contribution >= 0.6 is 31.9 Å². The predicted octanol–water partition coefficient (Wildman–Crippen LogP) is 7.17. The Morgan fingerprint density at radius 3 is 2.03 bits per heavy atom. The van der Waals surface area contributed by atoms with Gasteiger partial charge in [0.25, 0.3) is 0 Å². The van der Waals surface area contributed by atoms with Crippen LogP contribution < -0.4 is 10.1 Å². The molecular weight excluding hydrogens is 504 g/mol. The summed E-state index contributed by atoms with van der Waals surface area (Å²) in [5.74, 6) is 0.852. The van der Waals surface area contributed by atoms with Crippen molar-refractivity contribution >= 4 is 31.9 Å². The van der Waals surface area contributed by atoms with E-state index >= 15 is 0 Å². The summed E-state index contributed by atoms with van der Waals surface area (Å²) >= 11 is 7.34. The topological polar surface area (TPSA) is 24.5 Å². The fourth-order valence-corrected chi connectivity index (χ4v) is 4.85. The lowest BCUT2D eigenvalue weighted by Crippen LogP contribution is -2.29. The van der Waals surface area contributed by atoms with Gasteiger partial charge in [-0.1, -0.05) is 57.0 Å². The molecule has 0 aliphatic carbocycles. The van der Waals surface area contributed by atoms with Crippen LogP contribution in [0.5, 0.6) is 5.75 Å². The van der Waals surface area contributed by atoms with Crippen molar-refractivity contribution in [2.75, 3.05) is 26.2 Å². The highest BCUT2D eigenvalue weighted by molar-refractivity contribution is 9.11. The standard InChI is InChI=1S/C25H36Br2N2O/c1-3-5-14-29(15-6-4-2)16-10-13-28-19-22-17-23(26)25(24(27)18-22)30-20-21-11-8-7-9-12-21/h7-9,11-12,17-18,28H,3-6,10,13-16,19-20H2,1-2H3. The Morgan fingerprint density at radius 1 is 0.833 bits per heavy atom. The van der Waals surface area contributed by atoms with Crippen molar-refractivity contribution in [2.45, 2.75) is 59.1 Å². The Morgan fingerprint density at radius 2 is 1.43 bits per heavy atom. The first-order valence-corrected chi connectivity index (χ1v) is 12.8. The van der Waals surface area contributed by atoms with Gasteiger partial charge in [0.2, 0.25) is 0 Å². The number of benzene rings is 2. The molecule has 2 rings (SSSR count). The predicted molar refractivity (Wildman–Crippen MR) is 135 cm³/mol. The van der Waals surface area contributed by atoms with Crippen molar-refractivity contribution in [3.8, 4) is 5.75 Å². The van der Waals surface area contributed by atoms with E-state index in [9.17, 15) is 0 Å². The number of rotatable bonds is 15. The summed E-state index contributed by atoms with van der Waals surface area (Å²) in [7, 11) is 0. The molecule has 0 spiro atoms. The van der Waals surface area contributed by atoms with Crippen molar-refractivity contribution in [1.29, 1.82) is 0 Å². The third-order valence-corrected chi connectivity index (χ3v) is 6.27. The molecule has 0 atom stereocenters. The minimum atomic E-state index is 0.558. The molecule has 166 valence electrons. The summed E-state index contributed by atoms with van der Waals surface area (Å²) in [6.45, 7) is 10.7. The van der Waals surface area contributed by atoms with Gasteiger partial charge in [0.05, 0.1) is 8.95 Å². The van der Waals surface area contributed by atoms with Crippen molar-refractivity contribution in [3.05, 3.63) is 62.5 Å². The van der Waals surface area contributed by atoms with Crippen LogP contribution in [0.15, 0.2) is 51.4 Å².